The first-order chi connectivity index (χ1) is 12.6. The summed E-state index contributed by atoms with van der Waals surface area (Å²) < 4.78 is 0. The Bertz CT molecular complexity index is 559. The summed E-state index contributed by atoms with van der Waals surface area (Å²) in [7, 11) is 0. The van der Waals surface area contributed by atoms with Gasteiger partial charge in [-0.2, -0.15) is 11.8 Å². The van der Waals surface area contributed by atoms with E-state index in [0.29, 0.717) is 5.75 Å². The molecule has 0 saturated carbocycles. The zero-order valence-electron chi connectivity index (χ0n) is 15.1. The molecule has 11 nitrogen and oxygen atoms in total. The maximum atomic E-state index is 12.4. The summed E-state index contributed by atoms with van der Waals surface area (Å²) in [5.74, 6) is -3.50. The molecule has 27 heavy (non-hydrogen) atoms. The fourth-order valence-corrected chi connectivity index (χ4v) is 2.50. The molecule has 4 amide bonds. The molecular weight excluding hydrogens is 378 g/mol. The van der Waals surface area contributed by atoms with E-state index < -0.39 is 47.7 Å². The Labute approximate surface area is 161 Å². The molecule has 0 bridgehead atoms. The zero-order valence-corrected chi connectivity index (χ0v) is 15.9. The first kappa shape index (κ1) is 24.7. The number of primary amides is 2. The first-order valence-electron chi connectivity index (χ1n) is 8.23. The minimum atomic E-state index is -1.21. The molecule has 0 spiro atoms. The highest BCUT2D eigenvalue weighted by Crippen LogP contribution is 2.05. The van der Waals surface area contributed by atoms with Gasteiger partial charge >= 0.3 is 5.97 Å². The second-order valence-corrected chi connectivity index (χ2v) is 6.84. The van der Waals surface area contributed by atoms with E-state index in [1.807, 2.05) is 0 Å². The van der Waals surface area contributed by atoms with Crippen molar-refractivity contribution in [1.29, 1.82) is 0 Å². The van der Waals surface area contributed by atoms with Gasteiger partial charge in [0.1, 0.15) is 12.1 Å². The van der Waals surface area contributed by atoms with E-state index in [2.05, 4.69) is 10.6 Å². The third-order valence-electron chi connectivity index (χ3n) is 3.58. The van der Waals surface area contributed by atoms with Crippen LogP contribution in [0.3, 0.4) is 0 Å². The minimum absolute atomic E-state index is 0.0171. The quantitative estimate of drug-likeness (QED) is 0.184. The summed E-state index contributed by atoms with van der Waals surface area (Å²) in [5.41, 5.74) is 15.7. The highest BCUT2D eigenvalue weighted by molar-refractivity contribution is 7.98. The fraction of sp³-hybridized carbons (Fsp3) is 0.667. The van der Waals surface area contributed by atoms with Crippen molar-refractivity contribution in [2.75, 3.05) is 12.0 Å². The van der Waals surface area contributed by atoms with Crippen molar-refractivity contribution in [3.63, 3.8) is 0 Å². The number of nitrogens with one attached hydrogen (secondary N) is 2. The molecule has 12 heteroatoms. The normalized spacial score (nSPS) is 13.9. The van der Waals surface area contributed by atoms with Gasteiger partial charge in [-0.3, -0.25) is 19.2 Å². The predicted octanol–water partition coefficient (Wildman–Crippen LogP) is -2.35. The third kappa shape index (κ3) is 11.1. The average molecular weight is 405 g/mol. The molecular formula is C15H27N5O6S. The molecule has 0 rings (SSSR count). The lowest BCUT2D eigenvalue weighted by Crippen LogP contribution is -2.54. The number of aliphatic carboxylic acids is 1. The van der Waals surface area contributed by atoms with E-state index >= 15 is 0 Å². The second kappa shape index (κ2) is 12.9. The lowest BCUT2D eigenvalue weighted by atomic mass is 10.1. The molecule has 9 N–H and O–H groups in total. The molecule has 0 aromatic heterocycles. The van der Waals surface area contributed by atoms with Crippen LogP contribution in [0.4, 0.5) is 0 Å². The van der Waals surface area contributed by atoms with Crippen molar-refractivity contribution in [3.8, 4) is 0 Å². The Kier molecular flexibility index (Phi) is 11.8. The zero-order chi connectivity index (χ0) is 21.0. The maximum Gasteiger partial charge on any atom is 0.326 e. The summed E-state index contributed by atoms with van der Waals surface area (Å²) in [5, 5.41) is 13.9. The van der Waals surface area contributed by atoms with Crippen LogP contribution in [0.2, 0.25) is 0 Å². The molecule has 0 aliphatic heterocycles. The average Bonchev–Trinajstić information content (AvgIpc) is 2.58. The molecule has 3 atom stereocenters. The van der Waals surface area contributed by atoms with Crippen LogP contribution in [0.5, 0.6) is 0 Å². The van der Waals surface area contributed by atoms with Gasteiger partial charge in [0.05, 0.1) is 6.04 Å². The van der Waals surface area contributed by atoms with Crippen LogP contribution < -0.4 is 27.8 Å². The van der Waals surface area contributed by atoms with E-state index in [1.165, 1.54) is 11.8 Å². The van der Waals surface area contributed by atoms with Gasteiger partial charge in [-0.15, -0.1) is 0 Å². The predicted molar refractivity (Wildman–Crippen MR) is 99.3 cm³/mol. The van der Waals surface area contributed by atoms with Crippen LogP contribution in [0.1, 0.15) is 32.1 Å². The summed E-state index contributed by atoms with van der Waals surface area (Å²) in [6.07, 6.45) is 1.54. The second-order valence-electron chi connectivity index (χ2n) is 5.86. The van der Waals surface area contributed by atoms with Gasteiger partial charge in [0.15, 0.2) is 0 Å². The van der Waals surface area contributed by atoms with Crippen LogP contribution in [0, 0.1) is 0 Å². The number of hydrogen-bond donors (Lipinski definition) is 6. The van der Waals surface area contributed by atoms with Crippen LogP contribution >= 0.6 is 11.8 Å². The molecule has 0 saturated heterocycles. The Morgan fingerprint density at radius 2 is 1.41 bits per heavy atom. The number of carboxylic acids is 1. The molecule has 0 aromatic rings. The van der Waals surface area contributed by atoms with E-state index in [4.69, 9.17) is 17.2 Å². The van der Waals surface area contributed by atoms with Crippen molar-refractivity contribution < 1.29 is 29.1 Å². The Morgan fingerprint density at radius 3 is 1.89 bits per heavy atom. The number of hydrogen-bond acceptors (Lipinski definition) is 7. The summed E-state index contributed by atoms with van der Waals surface area (Å²) in [4.78, 5) is 57.5. The molecule has 0 fully saturated rings. The maximum absolute atomic E-state index is 12.4. The number of carbonyl (C=O) groups excluding carboxylic acids is 4. The molecule has 0 radical (unpaired) electrons. The molecule has 0 heterocycles. The Morgan fingerprint density at radius 1 is 0.889 bits per heavy atom. The van der Waals surface area contributed by atoms with Crippen molar-refractivity contribution >= 4 is 41.4 Å². The van der Waals surface area contributed by atoms with Crippen LogP contribution in [-0.4, -0.2) is 64.8 Å². The van der Waals surface area contributed by atoms with Crippen LogP contribution in [0.25, 0.3) is 0 Å². The number of carbonyl (C=O) groups is 5. The van der Waals surface area contributed by atoms with Crippen molar-refractivity contribution in [2.45, 2.75) is 50.2 Å². The molecule has 0 unspecified atom stereocenters. The van der Waals surface area contributed by atoms with E-state index in [0.717, 1.165) is 0 Å². The van der Waals surface area contributed by atoms with Gasteiger partial charge in [-0.05, 0) is 31.3 Å². The molecule has 0 aromatic carbocycles. The van der Waals surface area contributed by atoms with E-state index in [-0.39, 0.29) is 32.1 Å². The van der Waals surface area contributed by atoms with Crippen LogP contribution in [-0.2, 0) is 24.0 Å². The smallest absolute Gasteiger partial charge is 0.326 e. The van der Waals surface area contributed by atoms with Gasteiger partial charge in [0.25, 0.3) is 0 Å². The highest BCUT2D eigenvalue weighted by atomic mass is 32.2. The monoisotopic (exact) mass is 405 g/mol. The van der Waals surface area contributed by atoms with Gasteiger partial charge in [-0.25, -0.2) is 4.79 Å². The van der Waals surface area contributed by atoms with E-state index in [1.54, 1.807) is 6.26 Å². The van der Waals surface area contributed by atoms with Gasteiger partial charge < -0.3 is 32.9 Å². The highest BCUT2D eigenvalue weighted by Gasteiger charge is 2.28. The SMILES string of the molecule is CSCC[C@H](NC(=O)[C@H](CCC(N)=O)NC(=O)[C@@H](N)CCC(N)=O)C(=O)O. The van der Waals surface area contributed by atoms with Gasteiger partial charge in [0.2, 0.25) is 23.6 Å². The topological polar surface area (TPSA) is 208 Å². The molecule has 0 aliphatic carbocycles. The van der Waals surface area contributed by atoms with Crippen molar-refractivity contribution in [3.05, 3.63) is 0 Å². The van der Waals surface area contributed by atoms with Crippen LogP contribution in [0.15, 0.2) is 0 Å². The lowest BCUT2D eigenvalue weighted by molar-refractivity contribution is -0.142. The lowest BCUT2D eigenvalue weighted by Gasteiger charge is -2.22. The third-order valence-corrected chi connectivity index (χ3v) is 4.22. The van der Waals surface area contributed by atoms with E-state index in [9.17, 15) is 29.1 Å². The number of rotatable bonds is 14. The standard InChI is InChI=1S/C15H27N5O6S/c1-27-7-6-10(15(25)26)20-14(24)9(3-5-12(18)22)19-13(23)8(16)2-4-11(17)21/h8-10H,2-7,16H2,1H3,(H2,17,21)(H2,18,22)(H,19,23)(H,20,24)(H,25,26)/t8-,9-,10-/m0/s1. The number of nitrogens with two attached hydrogens (primary N) is 3. The summed E-state index contributed by atoms with van der Waals surface area (Å²) in [6, 6.07) is -3.42. The molecule has 154 valence electrons. The fourth-order valence-electron chi connectivity index (χ4n) is 2.03. The van der Waals surface area contributed by atoms with Gasteiger partial charge in [-0.1, -0.05) is 0 Å². The van der Waals surface area contributed by atoms with Crippen molar-refractivity contribution in [1.82, 2.24) is 10.6 Å². The Balaban J connectivity index is 5.01. The summed E-state index contributed by atoms with van der Waals surface area (Å²) >= 11 is 1.42. The summed E-state index contributed by atoms with van der Waals surface area (Å²) in [6.45, 7) is 0. The van der Waals surface area contributed by atoms with Crippen molar-refractivity contribution in [2.24, 2.45) is 17.2 Å². The van der Waals surface area contributed by atoms with Gasteiger partial charge in [0, 0.05) is 12.8 Å². The largest absolute Gasteiger partial charge is 0.480 e. The molecule has 0 aliphatic rings. The Hall–Kier alpha value is -2.34. The minimum Gasteiger partial charge on any atom is -0.480 e. The first-order valence-corrected chi connectivity index (χ1v) is 9.62. The number of thioether (sulfide) groups is 1. The number of amides is 4. The number of carboxylic acid groups (broad SMARTS) is 1.